The third-order valence-corrected chi connectivity index (χ3v) is 1.68. The first-order valence-corrected chi connectivity index (χ1v) is 4.51. The van der Waals surface area contributed by atoms with Crippen LogP contribution in [-0.4, -0.2) is 18.5 Å². The fraction of sp³-hybridized carbons (Fsp3) is 0.600. The van der Waals surface area contributed by atoms with Gasteiger partial charge in [0.25, 0.3) is 0 Å². The molecule has 0 saturated carbocycles. The number of ketones is 1. The Morgan fingerprint density at radius 2 is 2.08 bits per heavy atom. The summed E-state index contributed by atoms with van der Waals surface area (Å²) in [5, 5.41) is 0. The average molecular weight is 182 g/mol. The molecule has 0 aromatic carbocycles. The Bertz CT molecular complexity index is 239. The normalized spacial score (nSPS) is 13.6. The lowest BCUT2D eigenvalue weighted by molar-refractivity contribution is -0.115. The monoisotopic (exact) mass is 182 g/mol. The highest BCUT2D eigenvalue weighted by Crippen LogP contribution is 2.02. The Hall–Kier alpha value is -1.12. The second-order valence-corrected chi connectivity index (χ2v) is 3.16. The Balaban J connectivity index is 4.74. The van der Waals surface area contributed by atoms with Crippen LogP contribution in [0.5, 0.6) is 0 Å². The summed E-state index contributed by atoms with van der Waals surface area (Å²) in [6.07, 6.45) is 2.62. The van der Waals surface area contributed by atoms with Crippen LogP contribution < -0.4 is 5.73 Å². The van der Waals surface area contributed by atoms with Crippen molar-refractivity contribution in [3.05, 3.63) is 11.8 Å². The standard InChI is InChI=1S/C10H18N2O/c1-5-6-8(11)9(12-4)10(13)7(2)3/h6-7H,5,11H2,1-4H3/b8-6+,12-9?. The zero-order valence-electron chi connectivity index (χ0n) is 8.79. The smallest absolute Gasteiger partial charge is 0.185 e. The van der Waals surface area contributed by atoms with E-state index in [0.29, 0.717) is 11.4 Å². The van der Waals surface area contributed by atoms with Crippen LogP contribution in [0.2, 0.25) is 0 Å². The SMILES string of the molecule is CC/C=C(/N)C(=NC)C(=O)C(C)C. The van der Waals surface area contributed by atoms with Crippen LogP contribution in [-0.2, 0) is 4.79 Å². The molecule has 0 heterocycles. The topological polar surface area (TPSA) is 55.4 Å². The van der Waals surface area contributed by atoms with Crippen LogP contribution in [0, 0.1) is 5.92 Å². The zero-order chi connectivity index (χ0) is 10.4. The van der Waals surface area contributed by atoms with Crippen molar-refractivity contribution >= 4 is 11.5 Å². The van der Waals surface area contributed by atoms with Gasteiger partial charge in [-0.3, -0.25) is 9.79 Å². The van der Waals surface area contributed by atoms with Gasteiger partial charge in [0.2, 0.25) is 0 Å². The number of hydrogen-bond acceptors (Lipinski definition) is 3. The predicted octanol–water partition coefficient (Wildman–Crippen LogP) is 1.53. The maximum atomic E-state index is 11.5. The van der Waals surface area contributed by atoms with Gasteiger partial charge < -0.3 is 5.73 Å². The fourth-order valence-electron chi connectivity index (χ4n) is 0.972. The lowest BCUT2D eigenvalue weighted by Gasteiger charge is -2.07. The van der Waals surface area contributed by atoms with Crippen LogP contribution in [0.4, 0.5) is 0 Å². The lowest BCUT2D eigenvalue weighted by Crippen LogP contribution is -2.25. The van der Waals surface area contributed by atoms with Crippen molar-refractivity contribution in [1.82, 2.24) is 0 Å². The summed E-state index contributed by atoms with van der Waals surface area (Å²) in [5.74, 6) is -0.0489. The number of carbonyl (C=O) groups is 1. The lowest BCUT2D eigenvalue weighted by atomic mass is 10.0. The Morgan fingerprint density at radius 3 is 2.38 bits per heavy atom. The highest BCUT2D eigenvalue weighted by molar-refractivity contribution is 6.46. The maximum absolute atomic E-state index is 11.5. The molecule has 0 aliphatic rings. The van der Waals surface area contributed by atoms with Crippen LogP contribution in [0.3, 0.4) is 0 Å². The van der Waals surface area contributed by atoms with E-state index in [0.717, 1.165) is 6.42 Å². The largest absolute Gasteiger partial charge is 0.397 e. The summed E-state index contributed by atoms with van der Waals surface area (Å²) >= 11 is 0. The third-order valence-electron chi connectivity index (χ3n) is 1.68. The van der Waals surface area contributed by atoms with Crippen LogP contribution >= 0.6 is 0 Å². The molecule has 0 saturated heterocycles. The van der Waals surface area contributed by atoms with E-state index in [1.54, 1.807) is 7.05 Å². The van der Waals surface area contributed by atoms with Gasteiger partial charge in [-0.1, -0.05) is 26.8 Å². The van der Waals surface area contributed by atoms with Crippen molar-refractivity contribution in [2.45, 2.75) is 27.2 Å². The van der Waals surface area contributed by atoms with Gasteiger partial charge in [-0.2, -0.15) is 0 Å². The molecule has 0 bridgehead atoms. The van der Waals surface area contributed by atoms with Crippen LogP contribution in [0.1, 0.15) is 27.2 Å². The van der Waals surface area contributed by atoms with E-state index in [-0.39, 0.29) is 11.7 Å². The second kappa shape index (κ2) is 5.51. The van der Waals surface area contributed by atoms with Crippen molar-refractivity contribution < 1.29 is 4.79 Å². The van der Waals surface area contributed by atoms with Crippen molar-refractivity contribution in [2.24, 2.45) is 16.6 Å². The first kappa shape index (κ1) is 11.9. The Labute approximate surface area is 79.7 Å². The zero-order valence-corrected chi connectivity index (χ0v) is 8.79. The fourth-order valence-corrected chi connectivity index (χ4v) is 0.972. The van der Waals surface area contributed by atoms with E-state index in [1.165, 1.54) is 0 Å². The molecule has 0 atom stereocenters. The molecule has 0 unspecified atom stereocenters. The molecule has 13 heavy (non-hydrogen) atoms. The summed E-state index contributed by atoms with van der Waals surface area (Å²) in [7, 11) is 1.59. The van der Waals surface area contributed by atoms with Gasteiger partial charge in [-0.25, -0.2) is 0 Å². The van der Waals surface area contributed by atoms with Crippen LogP contribution in [0.15, 0.2) is 16.8 Å². The van der Waals surface area contributed by atoms with Gasteiger partial charge in [0.1, 0.15) is 5.71 Å². The average Bonchev–Trinajstić information content (AvgIpc) is 2.05. The van der Waals surface area contributed by atoms with E-state index < -0.39 is 0 Å². The Kier molecular flexibility index (Phi) is 5.04. The molecule has 0 fully saturated rings. The molecule has 0 aliphatic heterocycles. The minimum atomic E-state index is -0.0532. The molecule has 0 rings (SSSR count). The molecule has 2 N–H and O–H groups in total. The van der Waals surface area contributed by atoms with Gasteiger partial charge in [0.15, 0.2) is 5.78 Å². The Morgan fingerprint density at radius 1 is 1.54 bits per heavy atom. The van der Waals surface area contributed by atoms with Crippen molar-refractivity contribution in [2.75, 3.05) is 7.05 Å². The summed E-state index contributed by atoms with van der Waals surface area (Å²) in [6, 6.07) is 0. The highest BCUT2D eigenvalue weighted by Gasteiger charge is 2.16. The quantitative estimate of drug-likeness (QED) is 0.670. The molecule has 0 aromatic heterocycles. The minimum absolute atomic E-state index is 0.00435. The number of nitrogens with two attached hydrogens (primary N) is 1. The van der Waals surface area contributed by atoms with E-state index in [2.05, 4.69) is 4.99 Å². The van der Waals surface area contributed by atoms with Crippen molar-refractivity contribution in [3.8, 4) is 0 Å². The molecule has 0 radical (unpaired) electrons. The van der Waals surface area contributed by atoms with Gasteiger partial charge in [-0.05, 0) is 6.42 Å². The number of rotatable bonds is 4. The molecule has 0 aliphatic carbocycles. The number of carbonyl (C=O) groups excluding carboxylic acids is 1. The van der Waals surface area contributed by atoms with Crippen LogP contribution in [0.25, 0.3) is 0 Å². The first-order chi connectivity index (χ1) is 6.04. The molecule has 0 amide bonds. The molecule has 3 heteroatoms. The van der Waals surface area contributed by atoms with E-state index >= 15 is 0 Å². The van der Waals surface area contributed by atoms with E-state index in [1.807, 2.05) is 26.8 Å². The predicted molar refractivity (Wildman–Crippen MR) is 55.8 cm³/mol. The van der Waals surface area contributed by atoms with Gasteiger partial charge in [0, 0.05) is 13.0 Å². The second-order valence-electron chi connectivity index (χ2n) is 3.16. The summed E-state index contributed by atoms with van der Waals surface area (Å²) < 4.78 is 0. The van der Waals surface area contributed by atoms with Gasteiger partial charge >= 0.3 is 0 Å². The van der Waals surface area contributed by atoms with Crippen molar-refractivity contribution in [3.63, 3.8) is 0 Å². The maximum Gasteiger partial charge on any atom is 0.185 e. The van der Waals surface area contributed by atoms with E-state index in [9.17, 15) is 4.79 Å². The molecular weight excluding hydrogens is 164 g/mol. The summed E-state index contributed by atoms with van der Waals surface area (Å²) in [5.41, 5.74) is 6.58. The molecular formula is C10H18N2O. The number of nitrogens with zero attached hydrogens (tertiary/aromatic N) is 1. The molecule has 0 spiro atoms. The minimum Gasteiger partial charge on any atom is -0.397 e. The molecule has 3 nitrogen and oxygen atoms in total. The summed E-state index contributed by atoms with van der Waals surface area (Å²) in [4.78, 5) is 15.4. The van der Waals surface area contributed by atoms with Crippen molar-refractivity contribution in [1.29, 1.82) is 0 Å². The van der Waals surface area contributed by atoms with E-state index in [4.69, 9.17) is 5.73 Å². The van der Waals surface area contributed by atoms with Gasteiger partial charge in [0.05, 0.1) is 5.70 Å². The number of allylic oxidation sites excluding steroid dienone is 2. The molecule has 0 aromatic rings. The van der Waals surface area contributed by atoms with Gasteiger partial charge in [-0.15, -0.1) is 0 Å². The number of aliphatic imine (C=N–C) groups is 1. The number of Topliss-reactive ketones (excluding diaryl/α,β-unsaturated/α-hetero) is 1. The summed E-state index contributed by atoms with van der Waals surface area (Å²) in [6.45, 7) is 5.65. The molecule has 74 valence electrons. The highest BCUT2D eigenvalue weighted by atomic mass is 16.1. The third kappa shape index (κ3) is 3.40. The number of hydrogen-bond donors (Lipinski definition) is 1. The first-order valence-electron chi connectivity index (χ1n) is 4.51.